The number of ether oxygens (including phenoxy) is 1. The lowest BCUT2D eigenvalue weighted by molar-refractivity contribution is -0.383. The van der Waals surface area contributed by atoms with Crippen molar-refractivity contribution in [2.45, 2.75) is 33.3 Å². The van der Waals surface area contributed by atoms with Gasteiger partial charge in [0.05, 0.1) is 21.4 Å². The fraction of sp³-hybridized carbons (Fsp3) is 0.500. The predicted molar refractivity (Wildman–Crippen MR) is 114 cm³/mol. The molecule has 2 aliphatic rings. The average molecular weight is 426 g/mol. The van der Waals surface area contributed by atoms with Gasteiger partial charge in [-0.25, -0.2) is 4.79 Å². The number of pyridine rings is 1. The highest BCUT2D eigenvalue weighted by Gasteiger charge is 2.56. The number of nitrogens with zero attached hydrogens (tertiary/aromatic N) is 3. The van der Waals surface area contributed by atoms with Crippen LogP contribution in [0.1, 0.15) is 36.7 Å². The van der Waals surface area contributed by atoms with E-state index >= 15 is 0 Å². The van der Waals surface area contributed by atoms with Crippen LogP contribution in [-0.4, -0.2) is 52.0 Å². The molecule has 1 N–H and O–H groups in total. The second-order valence-corrected chi connectivity index (χ2v) is 9.33. The minimum absolute atomic E-state index is 0.0291. The molecule has 1 saturated heterocycles. The lowest BCUT2D eigenvalue weighted by Crippen LogP contribution is -2.38. The molecule has 164 valence electrons. The number of benzene rings is 1. The van der Waals surface area contributed by atoms with Gasteiger partial charge in [-0.05, 0) is 63.6 Å². The third kappa shape index (κ3) is 4.04. The summed E-state index contributed by atoms with van der Waals surface area (Å²) >= 11 is 0. The zero-order chi connectivity index (χ0) is 22.5. The second-order valence-electron chi connectivity index (χ2n) is 9.33. The van der Waals surface area contributed by atoms with Gasteiger partial charge in [0.1, 0.15) is 5.60 Å². The number of hydrogen-bond donors (Lipinski definition) is 1. The van der Waals surface area contributed by atoms with Gasteiger partial charge in [0, 0.05) is 31.4 Å². The molecule has 1 aliphatic heterocycles. The van der Waals surface area contributed by atoms with Gasteiger partial charge in [0.15, 0.2) is 0 Å². The first kappa shape index (κ1) is 21.0. The van der Waals surface area contributed by atoms with E-state index in [0.717, 1.165) is 0 Å². The Kier molecular flexibility index (Phi) is 5.07. The summed E-state index contributed by atoms with van der Waals surface area (Å²) in [6, 6.07) is 4.76. The molecule has 31 heavy (non-hydrogen) atoms. The van der Waals surface area contributed by atoms with Gasteiger partial charge in [-0.1, -0.05) is 0 Å². The van der Waals surface area contributed by atoms with Gasteiger partial charge in [0.2, 0.25) is 0 Å². The van der Waals surface area contributed by atoms with Gasteiger partial charge in [0.25, 0.3) is 11.6 Å². The maximum absolute atomic E-state index is 12.9. The third-order valence-corrected chi connectivity index (χ3v) is 6.00. The van der Waals surface area contributed by atoms with E-state index in [0.29, 0.717) is 59.4 Å². The molecule has 1 aliphatic carbocycles. The number of amides is 2. The molecule has 2 heterocycles. The number of fused-ring (bicyclic) bond motifs is 2. The number of carbonyl (C=O) groups is 2. The van der Waals surface area contributed by atoms with Crippen LogP contribution in [0.3, 0.4) is 0 Å². The molecule has 0 radical (unpaired) electrons. The van der Waals surface area contributed by atoms with E-state index in [1.807, 2.05) is 20.8 Å². The molecule has 9 nitrogen and oxygen atoms in total. The maximum atomic E-state index is 12.9. The Hall–Kier alpha value is -3.23. The highest BCUT2D eigenvalue weighted by Crippen LogP contribution is 2.51. The molecule has 4 rings (SSSR count). The summed E-state index contributed by atoms with van der Waals surface area (Å²) in [6.07, 6.45) is 1.23. The summed E-state index contributed by atoms with van der Waals surface area (Å²) in [6.45, 7) is 8.94. The molecular weight excluding hydrogens is 400 g/mol. The molecule has 2 unspecified atom stereocenters. The summed E-state index contributed by atoms with van der Waals surface area (Å²) in [5, 5.41) is 14.8. The SMILES string of the molecule is Cc1cc(C(=O)NCC2C3CN(C(=O)OC(C)(C)C)CC23)c2ncccc2c1[N+](=O)[O-]. The molecule has 1 aromatic carbocycles. The van der Waals surface area contributed by atoms with Crippen molar-refractivity contribution < 1.29 is 19.2 Å². The van der Waals surface area contributed by atoms with Crippen molar-refractivity contribution in [3.05, 3.63) is 45.6 Å². The van der Waals surface area contributed by atoms with E-state index < -0.39 is 10.5 Å². The van der Waals surface area contributed by atoms with Gasteiger partial charge < -0.3 is 15.0 Å². The zero-order valence-electron chi connectivity index (χ0n) is 18.0. The molecular formula is C22H26N4O5. The summed E-state index contributed by atoms with van der Waals surface area (Å²) in [7, 11) is 0. The number of nitrogens with one attached hydrogen (secondary N) is 1. The van der Waals surface area contributed by atoms with Crippen LogP contribution in [-0.2, 0) is 4.74 Å². The first-order valence-electron chi connectivity index (χ1n) is 10.4. The van der Waals surface area contributed by atoms with Crippen LogP contribution in [0.15, 0.2) is 24.4 Å². The van der Waals surface area contributed by atoms with E-state index in [4.69, 9.17) is 4.74 Å². The Bertz CT molecular complexity index is 1070. The van der Waals surface area contributed by atoms with Crippen molar-refractivity contribution in [1.29, 1.82) is 0 Å². The Morgan fingerprint density at radius 3 is 2.61 bits per heavy atom. The third-order valence-electron chi connectivity index (χ3n) is 6.00. The van der Waals surface area contributed by atoms with Crippen molar-refractivity contribution in [3.8, 4) is 0 Å². The van der Waals surface area contributed by atoms with Crippen molar-refractivity contribution in [2.75, 3.05) is 19.6 Å². The zero-order valence-corrected chi connectivity index (χ0v) is 18.0. The molecule has 2 atom stereocenters. The fourth-order valence-electron chi connectivity index (χ4n) is 4.53. The molecule has 2 fully saturated rings. The summed E-state index contributed by atoms with van der Waals surface area (Å²) < 4.78 is 5.42. The van der Waals surface area contributed by atoms with Crippen LogP contribution in [0.25, 0.3) is 10.9 Å². The van der Waals surface area contributed by atoms with E-state index in [-0.39, 0.29) is 17.7 Å². The average Bonchev–Trinajstić information content (AvgIpc) is 3.12. The van der Waals surface area contributed by atoms with Gasteiger partial charge in [-0.3, -0.25) is 19.9 Å². The van der Waals surface area contributed by atoms with Crippen molar-refractivity contribution in [2.24, 2.45) is 17.8 Å². The minimum Gasteiger partial charge on any atom is -0.444 e. The van der Waals surface area contributed by atoms with E-state index in [1.165, 1.54) is 12.3 Å². The van der Waals surface area contributed by atoms with E-state index in [2.05, 4.69) is 10.3 Å². The summed E-state index contributed by atoms with van der Waals surface area (Å²) in [5.41, 5.74) is 0.534. The predicted octanol–water partition coefficient (Wildman–Crippen LogP) is 3.29. The largest absolute Gasteiger partial charge is 0.444 e. The molecule has 0 bridgehead atoms. The lowest BCUT2D eigenvalue weighted by atomic mass is 10.0. The van der Waals surface area contributed by atoms with Crippen LogP contribution < -0.4 is 5.32 Å². The maximum Gasteiger partial charge on any atom is 0.410 e. The van der Waals surface area contributed by atoms with Crippen molar-refractivity contribution >= 4 is 28.6 Å². The van der Waals surface area contributed by atoms with Crippen LogP contribution in [0.5, 0.6) is 0 Å². The number of nitro benzene ring substituents is 1. The fourth-order valence-corrected chi connectivity index (χ4v) is 4.53. The summed E-state index contributed by atoms with van der Waals surface area (Å²) in [5.74, 6) is 0.749. The van der Waals surface area contributed by atoms with Crippen LogP contribution in [0.2, 0.25) is 0 Å². The summed E-state index contributed by atoms with van der Waals surface area (Å²) in [4.78, 5) is 42.0. The van der Waals surface area contributed by atoms with Crippen molar-refractivity contribution in [3.63, 3.8) is 0 Å². The number of carbonyl (C=O) groups excluding carboxylic acids is 2. The highest BCUT2D eigenvalue weighted by molar-refractivity contribution is 6.08. The van der Waals surface area contributed by atoms with Crippen molar-refractivity contribution in [1.82, 2.24) is 15.2 Å². The first-order valence-corrected chi connectivity index (χ1v) is 10.4. The number of piperidine rings is 1. The van der Waals surface area contributed by atoms with E-state index in [9.17, 15) is 19.7 Å². The smallest absolute Gasteiger partial charge is 0.410 e. The molecule has 2 aromatic rings. The molecule has 2 amide bonds. The number of aromatic nitrogens is 1. The number of likely N-dealkylation sites (tertiary alicyclic amines) is 1. The molecule has 9 heteroatoms. The Labute approximate surface area is 179 Å². The topological polar surface area (TPSA) is 115 Å². The Morgan fingerprint density at radius 1 is 1.32 bits per heavy atom. The molecule has 0 spiro atoms. The van der Waals surface area contributed by atoms with Gasteiger partial charge >= 0.3 is 6.09 Å². The van der Waals surface area contributed by atoms with Crippen LogP contribution >= 0.6 is 0 Å². The highest BCUT2D eigenvalue weighted by atomic mass is 16.6. The minimum atomic E-state index is -0.517. The van der Waals surface area contributed by atoms with Crippen LogP contribution in [0, 0.1) is 34.8 Å². The number of rotatable bonds is 4. The van der Waals surface area contributed by atoms with E-state index in [1.54, 1.807) is 24.0 Å². The van der Waals surface area contributed by atoms with Crippen LogP contribution in [0.4, 0.5) is 10.5 Å². The normalized spacial score (nSPS) is 22.2. The second kappa shape index (κ2) is 7.47. The quantitative estimate of drug-likeness (QED) is 0.593. The Morgan fingerprint density at radius 2 is 2.00 bits per heavy atom. The monoisotopic (exact) mass is 426 g/mol. The van der Waals surface area contributed by atoms with Gasteiger partial charge in [-0.15, -0.1) is 0 Å². The number of aryl methyl sites for hydroxylation is 1. The standard InChI is InChI=1S/C22H26N4O5/c1-12-8-14(18-13(6-5-7-23-18)19(12)26(29)30)20(27)24-9-15-16-10-25(11-17(15)16)21(28)31-22(2,3)4/h5-8,15-17H,9-11H2,1-4H3,(H,24,27). The Balaban J connectivity index is 1.40. The van der Waals surface area contributed by atoms with Gasteiger partial charge in [-0.2, -0.15) is 0 Å². The number of nitro groups is 1. The first-order chi connectivity index (χ1) is 14.6. The number of hydrogen-bond acceptors (Lipinski definition) is 6. The molecule has 1 aromatic heterocycles. The lowest BCUT2D eigenvalue weighted by Gasteiger charge is -2.26. The molecule has 1 saturated carbocycles.